The predicted octanol–water partition coefficient (Wildman–Crippen LogP) is 24.3. The first-order valence-corrected chi connectivity index (χ1v) is 37.3. The van der Waals surface area contributed by atoms with E-state index in [4.69, 9.17) is 4.74 Å². The summed E-state index contributed by atoms with van der Waals surface area (Å²) in [6.07, 6.45) is 92.4. The summed E-state index contributed by atoms with van der Waals surface area (Å²) in [7, 11) is 0. The van der Waals surface area contributed by atoms with Crippen LogP contribution in [0, 0.1) is 0 Å². The fourth-order valence-electron chi connectivity index (χ4n) is 11.7. The number of esters is 1. The SMILES string of the molecule is CCCCCCCC/C=C\CCCCCCCC(=O)OCCCCCCCCCCCCCC/C=C\CCCCCCCCCCCCCC(=O)NC(CO)C(O)/C=C/CCCCCCCCCCCCCCCCCCCCCCC. The Bertz CT molecular complexity index is 1330. The molecule has 0 saturated heterocycles. The topological polar surface area (TPSA) is 95.9 Å². The van der Waals surface area contributed by atoms with E-state index in [-0.39, 0.29) is 18.5 Å². The molecule has 0 aliphatic heterocycles. The van der Waals surface area contributed by atoms with Crippen molar-refractivity contribution in [2.75, 3.05) is 13.2 Å². The third-order valence-electron chi connectivity index (χ3n) is 17.4. The van der Waals surface area contributed by atoms with Crippen LogP contribution in [0.5, 0.6) is 0 Å². The van der Waals surface area contributed by atoms with Gasteiger partial charge in [-0.1, -0.05) is 352 Å². The number of allylic oxidation sites excluding steroid dienone is 5. The van der Waals surface area contributed by atoms with Gasteiger partial charge in [0.05, 0.1) is 25.4 Å². The van der Waals surface area contributed by atoms with Gasteiger partial charge < -0.3 is 20.3 Å². The first kappa shape index (κ1) is 80.1. The summed E-state index contributed by atoms with van der Waals surface area (Å²) >= 11 is 0. The standard InChI is InChI=1S/C76H145NO5/c1-3-5-7-9-11-13-15-17-19-20-21-22-28-31-34-37-41-44-48-52-56-60-64-68-74(79)73(72-78)77-75(80)69-65-61-57-53-49-45-42-38-35-32-29-26-24-23-25-27-30-33-36-39-43-47-51-55-59-63-67-71-82-76(81)70-66-62-58-54-50-46-40-18-16-14-12-10-8-6-4-2/h18,23-24,40,64,68,73-74,78-79H,3-17,19-22,25-39,41-63,65-67,69-72H2,1-2H3,(H,77,80)/b24-23-,40-18-,68-64+. The predicted molar refractivity (Wildman–Crippen MR) is 361 cm³/mol. The molecule has 0 saturated carbocycles. The molecule has 0 bridgehead atoms. The van der Waals surface area contributed by atoms with E-state index < -0.39 is 12.1 Å². The van der Waals surface area contributed by atoms with E-state index in [9.17, 15) is 19.8 Å². The van der Waals surface area contributed by atoms with Crippen molar-refractivity contribution in [3.8, 4) is 0 Å². The van der Waals surface area contributed by atoms with Crippen molar-refractivity contribution in [2.24, 2.45) is 0 Å². The van der Waals surface area contributed by atoms with Gasteiger partial charge in [-0.3, -0.25) is 9.59 Å². The molecule has 2 unspecified atom stereocenters. The molecule has 0 heterocycles. The summed E-state index contributed by atoms with van der Waals surface area (Å²) in [5, 5.41) is 23.3. The summed E-state index contributed by atoms with van der Waals surface area (Å²) in [4.78, 5) is 24.6. The molecule has 2 atom stereocenters. The maximum Gasteiger partial charge on any atom is 0.305 e. The highest BCUT2D eigenvalue weighted by molar-refractivity contribution is 5.76. The lowest BCUT2D eigenvalue weighted by Crippen LogP contribution is -2.45. The van der Waals surface area contributed by atoms with E-state index in [0.717, 1.165) is 44.9 Å². The molecule has 6 nitrogen and oxygen atoms in total. The van der Waals surface area contributed by atoms with Crippen molar-refractivity contribution < 1.29 is 24.5 Å². The van der Waals surface area contributed by atoms with Gasteiger partial charge in [0, 0.05) is 12.8 Å². The van der Waals surface area contributed by atoms with E-state index in [1.807, 2.05) is 6.08 Å². The third kappa shape index (κ3) is 67.2. The van der Waals surface area contributed by atoms with Gasteiger partial charge in [-0.25, -0.2) is 0 Å². The van der Waals surface area contributed by atoms with Gasteiger partial charge in [0.15, 0.2) is 0 Å². The van der Waals surface area contributed by atoms with Crippen molar-refractivity contribution >= 4 is 11.9 Å². The Hall–Kier alpha value is -1.92. The van der Waals surface area contributed by atoms with Crippen LogP contribution in [0.2, 0.25) is 0 Å². The normalized spacial score (nSPS) is 12.7. The molecule has 0 spiro atoms. The monoisotopic (exact) mass is 1150 g/mol. The van der Waals surface area contributed by atoms with Crippen molar-refractivity contribution in [3.05, 3.63) is 36.5 Å². The second-order valence-electron chi connectivity index (χ2n) is 25.6. The summed E-state index contributed by atoms with van der Waals surface area (Å²) in [6, 6.07) is -0.630. The lowest BCUT2D eigenvalue weighted by atomic mass is 10.0. The second-order valence-corrected chi connectivity index (χ2v) is 25.6. The fourth-order valence-corrected chi connectivity index (χ4v) is 11.7. The van der Waals surface area contributed by atoms with Gasteiger partial charge in [0.25, 0.3) is 0 Å². The molecular formula is C76H145NO5. The van der Waals surface area contributed by atoms with Crippen LogP contribution in [0.1, 0.15) is 412 Å². The Morgan fingerprint density at radius 3 is 0.866 bits per heavy atom. The number of ether oxygens (including phenoxy) is 1. The van der Waals surface area contributed by atoms with E-state index >= 15 is 0 Å². The number of rotatable bonds is 70. The third-order valence-corrected chi connectivity index (χ3v) is 17.4. The Balaban J connectivity index is 3.41. The van der Waals surface area contributed by atoms with Gasteiger partial charge in [-0.05, 0) is 83.5 Å². The maximum absolute atomic E-state index is 12.5. The van der Waals surface area contributed by atoms with Crippen LogP contribution in [-0.2, 0) is 14.3 Å². The maximum atomic E-state index is 12.5. The zero-order valence-corrected chi connectivity index (χ0v) is 55.5. The minimum atomic E-state index is -0.847. The molecule has 82 heavy (non-hydrogen) atoms. The van der Waals surface area contributed by atoms with Crippen molar-refractivity contribution in [1.82, 2.24) is 5.32 Å². The molecule has 0 radical (unpaired) electrons. The molecule has 3 N–H and O–H groups in total. The molecule has 0 aliphatic carbocycles. The van der Waals surface area contributed by atoms with Crippen LogP contribution < -0.4 is 5.32 Å². The van der Waals surface area contributed by atoms with Crippen LogP contribution >= 0.6 is 0 Å². The van der Waals surface area contributed by atoms with Gasteiger partial charge in [-0.2, -0.15) is 0 Å². The summed E-state index contributed by atoms with van der Waals surface area (Å²) in [5.74, 6) is -0.0572. The zero-order chi connectivity index (χ0) is 59.2. The number of amides is 1. The minimum absolute atomic E-state index is 0.00742. The van der Waals surface area contributed by atoms with Crippen molar-refractivity contribution in [1.29, 1.82) is 0 Å². The lowest BCUT2D eigenvalue weighted by Gasteiger charge is -2.20. The van der Waals surface area contributed by atoms with Crippen LogP contribution in [0.3, 0.4) is 0 Å². The number of carbonyl (C=O) groups is 2. The summed E-state index contributed by atoms with van der Waals surface area (Å²) in [6.45, 7) is 4.93. The van der Waals surface area contributed by atoms with Gasteiger partial charge in [0.2, 0.25) is 5.91 Å². The molecular weight excluding hydrogens is 1010 g/mol. The van der Waals surface area contributed by atoms with Crippen LogP contribution in [0.25, 0.3) is 0 Å². The molecule has 1 amide bonds. The number of aliphatic hydroxyl groups excluding tert-OH is 2. The van der Waals surface area contributed by atoms with Gasteiger partial charge >= 0.3 is 5.97 Å². The van der Waals surface area contributed by atoms with E-state index in [0.29, 0.717) is 19.4 Å². The Kier molecular flexibility index (Phi) is 69.9. The van der Waals surface area contributed by atoms with Crippen LogP contribution in [-0.4, -0.2) is 47.4 Å². The Morgan fingerprint density at radius 1 is 0.329 bits per heavy atom. The highest BCUT2D eigenvalue weighted by atomic mass is 16.5. The smallest absolute Gasteiger partial charge is 0.305 e. The molecule has 0 aromatic carbocycles. The molecule has 0 fully saturated rings. The molecule has 0 aromatic rings. The summed E-state index contributed by atoms with van der Waals surface area (Å²) in [5.41, 5.74) is 0. The molecule has 484 valence electrons. The zero-order valence-electron chi connectivity index (χ0n) is 55.5. The lowest BCUT2D eigenvalue weighted by molar-refractivity contribution is -0.143. The van der Waals surface area contributed by atoms with E-state index in [1.54, 1.807) is 6.08 Å². The Morgan fingerprint density at radius 2 is 0.573 bits per heavy atom. The largest absolute Gasteiger partial charge is 0.466 e. The fraction of sp³-hybridized carbons (Fsp3) is 0.895. The molecule has 0 rings (SSSR count). The van der Waals surface area contributed by atoms with Gasteiger partial charge in [0.1, 0.15) is 0 Å². The minimum Gasteiger partial charge on any atom is -0.466 e. The molecule has 6 heteroatoms. The van der Waals surface area contributed by atoms with Crippen molar-refractivity contribution in [3.63, 3.8) is 0 Å². The average molecular weight is 1150 g/mol. The second kappa shape index (κ2) is 71.6. The van der Waals surface area contributed by atoms with Crippen molar-refractivity contribution in [2.45, 2.75) is 424 Å². The number of aliphatic hydroxyl groups is 2. The number of hydrogen-bond donors (Lipinski definition) is 3. The quantitative estimate of drug-likeness (QED) is 0.0320. The molecule has 0 aromatic heterocycles. The summed E-state index contributed by atoms with van der Waals surface area (Å²) < 4.78 is 5.49. The Labute approximate surface area is 513 Å². The average Bonchev–Trinajstić information content (AvgIpc) is 3.48. The number of hydrogen-bond acceptors (Lipinski definition) is 5. The van der Waals surface area contributed by atoms with Crippen LogP contribution in [0.15, 0.2) is 36.5 Å². The van der Waals surface area contributed by atoms with Gasteiger partial charge in [-0.15, -0.1) is 0 Å². The highest BCUT2D eigenvalue weighted by Crippen LogP contribution is 2.19. The molecule has 0 aliphatic rings. The first-order chi connectivity index (χ1) is 40.5. The highest BCUT2D eigenvalue weighted by Gasteiger charge is 2.18. The first-order valence-electron chi connectivity index (χ1n) is 37.3. The number of carbonyl (C=O) groups excluding carboxylic acids is 2. The van der Waals surface area contributed by atoms with E-state index in [2.05, 4.69) is 43.5 Å². The number of nitrogens with one attached hydrogen (secondary N) is 1. The van der Waals surface area contributed by atoms with E-state index in [1.165, 1.54) is 340 Å². The van der Waals surface area contributed by atoms with Crippen LogP contribution in [0.4, 0.5) is 0 Å². The number of unbranched alkanes of at least 4 members (excludes halogenated alkanes) is 55.